The normalized spacial score (nSPS) is 12.3. The first-order valence-electron chi connectivity index (χ1n) is 3.44. The summed E-state index contributed by atoms with van der Waals surface area (Å²) in [6.07, 6.45) is -8.22. The highest BCUT2D eigenvalue weighted by Gasteiger charge is 2.36. The molecule has 0 aromatic carbocycles. The Morgan fingerprint density at radius 1 is 1.27 bits per heavy atom. The van der Waals surface area contributed by atoms with E-state index in [4.69, 9.17) is 0 Å². The van der Waals surface area contributed by atoms with Gasteiger partial charge in [-0.05, 0) is 22.0 Å². The molecule has 1 aromatic rings. The molecule has 0 atom stereocenters. The molecule has 1 aromatic heterocycles. The third-order valence-electron chi connectivity index (χ3n) is 1.47. The molecule has 0 amide bonds. The fraction of sp³-hybridized carbons (Fsp3) is 0.286. The predicted molar refractivity (Wildman–Crippen MR) is 41.9 cm³/mol. The molecule has 0 saturated heterocycles. The minimum absolute atomic E-state index is 0.00917. The minimum atomic E-state index is -5.03. The fourth-order valence-electron chi connectivity index (χ4n) is 0.835. The second-order valence-electron chi connectivity index (χ2n) is 2.50. The van der Waals surface area contributed by atoms with Gasteiger partial charge < -0.3 is 0 Å². The number of rotatable bonds is 1. The zero-order chi connectivity index (χ0) is 11.8. The molecule has 15 heavy (non-hydrogen) atoms. The van der Waals surface area contributed by atoms with Gasteiger partial charge in [0.1, 0.15) is 10.3 Å². The first-order valence-corrected chi connectivity index (χ1v) is 4.24. The van der Waals surface area contributed by atoms with Crippen LogP contribution in [0.1, 0.15) is 17.7 Å². The molecule has 0 saturated carbocycles. The maximum Gasteiger partial charge on any atom is 0.419 e. The summed E-state index contributed by atoms with van der Waals surface area (Å²) in [6.45, 7) is 0. The Kier molecular flexibility index (Phi) is 3.27. The Bertz CT molecular complexity index is 374. The van der Waals surface area contributed by atoms with Crippen molar-refractivity contribution in [2.75, 3.05) is 0 Å². The van der Waals surface area contributed by atoms with Crippen molar-refractivity contribution in [2.24, 2.45) is 0 Å². The van der Waals surface area contributed by atoms with Crippen LogP contribution in [-0.2, 0) is 6.18 Å². The standard InChI is InChI=1S/C7H2BrF6N/c8-5-4(9)2(7(12,13)14)1-3(15-5)6(10)11/h1,6H. The fourth-order valence-corrected chi connectivity index (χ4v) is 1.25. The lowest BCUT2D eigenvalue weighted by molar-refractivity contribution is -0.140. The summed E-state index contributed by atoms with van der Waals surface area (Å²) < 4.78 is 72.5. The molecule has 0 N–H and O–H groups in total. The second-order valence-corrected chi connectivity index (χ2v) is 3.25. The molecule has 1 nitrogen and oxygen atoms in total. The first kappa shape index (κ1) is 12.3. The van der Waals surface area contributed by atoms with Crippen LogP contribution in [0.4, 0.5) is 26.3 Å². The Morgan fingerprint density at radius 2 is 1.80 bits per heavy atom. The third-order valence-corrected chi connectivity index (χ3v) is 1.99. The SMILES string of the molecule is Fc1c(C(F)(F)F)cc(C(F)F)nc1Br. The van der Waals surface area contributed by atoms with E-state index in [0.29, 0.717) is 0 Å². The van der Waals surface area contributed by atoms with Crippen molar-refractivity contribution in [2.45, 2.75) is 12.6 Å². The van der Waals surface area contributed by atoms with E-state index >= 15 is 0 Å². The molecule has 1 heterocycles. The summed E-state index contributed by atoms with van der Waals surface area (Å²) >= 11 is 2.34. The first-order chi connectivity index (χ1) is 6.73. The van der Waals surface area contributed by atoms with Gasteiger partial charge in [-0.1, -0.05) is 0 Å². The van der Waals surface area contributed by atoms with Gasteiger partial charge in [0.05, 0.1) is 5.56 Å². The van der Waals surface area contributed by atoms with Gasteiger partial charge in [0.2, 0.25) is 0 Å². The number of hydrogen-bond acceptors (Lipinski definition) is 1. The quantitative estimate of drug-likeness (QED) is 0.564. The van der Waals surface area contributed by atoms with Crippen molar-refractivity contribution in [1.82, 2.24) is 4.98 Å². The van der Waals surface area contributed by atoms with Crippen LogP contribution in [0.2, 0.25) is 0 Å². The summed E-state index contributed by atoms with van der Waals surface area (Å²) in [5.41, 5.74) is -2.89. The monoisotopic (exact) mass is 293 g/mol. The molecule has 0 unspecified atom stereocenters. The lowest BCUT2D eigenvalue weighted by Crippen LogP contribution is -2.11. The van der Waals surface area contributed by atoms with Gasteiger partial charge in [0, 0.05) is 0 Å². The van der Waals surface area contributed by atoms with Crippen molar-refractivity contribution in [1.29, 1.82) is 0 Å². The third kappa shape index (κ3) is 2.61. The molecule has 8 heteroatoms. The molecule has 0 aliphatic carbocycles. The van der Waals surface area contributed by atoms with Gasteiger partial charge in [0.25, 0.3) is 6.43 Å². The lowest BCUT2D eigenvalue weighted by Gasteiger charge is -2.10. The van der Waals surface area contributed by atoms with Gasteiger partial charge >= 0.3 is 6.18 Å². The van der Waals surface area contributed by atoms with Crippen LogP contribution in [0.15, 0.2) is 10.7 Å². The maximum atomic E-state index is 12.9. The number of hydrogen-bond donors (Lipinski definition) is 0. The van der Waals surface area contributed by atoms with E-state index < -0.39 is 34.3 Å². The summed E-state index contributed by atoms with van der Waals surface area (Å²) in [6, 6.07) is -0.00917. The average molecular weight is 294 g/mol. The summed E-state index contributed by atoms with van der Waals surface area (Å²) in [5, 5.41) is 0. The van der Waals surface area contributed by atoms with E-state index in [2.05, 4.69) is 20.9 Å². The number of halogens is 7. The Labute approximate surface area is 88.2 Å². The van der Waals surface area contributed by atoms with Crippen LogP contribution in [0, 0.1) is 5.82 Å². The zero-order valence-electron chi connectivity index (χ0n) is 6.75. The Morgan fingerprint density at radius 3 is 2.20 bits per heavy atom. The van der Waals surface area contributed by atoms with E-state index in [-0.39, 0.29) is 6.07 Å². The van der Waals surface area contributed by atoms with Gasteiger partial charge in [-0.3, -0.25) is 0 Å². The van der Waals surface area contributed by atoms with Gasteiger partial charge in [-0.2, -0.15) is 13.2 Å². The Hall–Kier alpha value is -0.790. The molecule has 0 aliphatic rings. The molecule has 0 aliphatic heterocycles. The molecule has 0 radical (unpaired) electrons. The van der Waals surface area contributed by atoms with Gasteiger partial charge in [0.15, 0.2) is 5.82 Å². The van der Waals surface area contributed by atoms with Crippen LogP contribution >= 0.6 is 15.9 Å². The van der Waals surface area contributed by atoms with Crippen LogP contribution in [0.3, 0.4) is 0 Å². The largest absolute Gasteiger partial charge is 0.419 e. The van der Waals surface area contributed by atoms with Crippen molar-refractivity contribution in [3.63, 3.8) is 0 Å². The molecular weight excluding hydrogens is 292 g/mol. The maximum absolute atomic E-state index is 12.9. The molecule has 1 rings (SSSR count). The minimum Gasteiger partial charge on any atom is -0.237 e. The average Bonchev–Trinajstić information content (AvgIpc) is 2.06. The molecular formula is C7H2BrF6N. The number of aromatic nitrogens is 1. The highest BCUT2D eigenvalue weighted by molar-refractivity contribution is 9.10. The highest BCUT2D eigenvalue weighted by atomic mass is 79.9. The molecule has 84 valence electrons. The van der Waals surface area contributed by atoms with E-state index in [1.54, 1.807) is 0 Å². The molecule has 0 bridgehead atoms. The molecule has 0 fully saturated rings. The van der Waals surface area contributed by atoms with Crippen LogP contribution in [0.25, 0.3) is 0 Å². The lowest BCUT2D eigenvalue weighted by atomic mass is 10.2. The van der Waals surface area contributed by atoms with E-state index in [1.165, 1.54) is 0 Å². The number of alkyl halides is 5. The Balaban J connectivity index is 3.38. The van der Waals surface area contributed by atoms with Crippen molar-refractivity contribution in [3.05, 3.63) is 27.7 Å². The highest BCUT2D eigenvalue weighted by Crippen LogP contribution is 2.35. The number of nitrogens with zero attached hydrogens (tertiary/aromatic N) is 1. The smallest absolute Gasteiger partial charge is 0.237 e. The van der Waals surface area contributed by atoms with Crippen molar-refractivity contribution >= 4 is 15.9 Å². The summed E-state index contributed by atoms with van der Waals surface area (Å²) in [4.78, 5) is 2.94. The van der Waals surface area contributed by atoms with Crippen molar-refractivity contribution < 1.29 is 26.3 Å². The van der Waals surface area contributed by atoms with Gasteiger partial charge in [-0.25, -0.2) is 18.2 Å². The van der Waals surface area contributed by atoms with Crippen LogP contribution in [0.5, 0.6) is 0 Å². The van der Waals surface area contributed by atoms with Crippen LogP contribution < -0.4 is 0 Å². The van der Waals surface area contributed by atoms with E-state index in [1.807, 2.05) is 0 Å². The van der Waals surface area contributed by atoms with E-state index in [9.17, 15) is 26.3 Å². The van der Waals surface area contributed by atoms with Crippen LogP contribution in [-0.4, -0.2) is 4.98 Å². The molecule has 0 spiro atoms. The van der Waals surface area contributed by atoms with Crippen molar-refractivity contribution in [3.8, 4) is 0 Å². The predicted octanol–water partition coefficient (Wildman–Crippen LogP) is 3.94. The topological polar surface area (TPSA) is 12.9 Å². The number of pyridine rings is 1. The van der Waals surface area contributed by atoms with E-state index in [0.717, 1.165) is 0 Å². The zero-order valence-corrected chi connectivity index (χ0v) is 8.33. The van der Waals surface area contributed by atoms with Gasteiger partial charge in [-0.15, -0.1) is 0 Å². The summed E-state index contributed by atoms with van der Waals surface area (Å²) in [5.74, 6) is -1.70. The summed E-state index contributed by atoms with van der Waals surface area (Å²) in [7, 11) is 0. The second kappa shape index (κ2) is 3.99.